The lowest BCUT2D eigenvalue weighted by molar-refractivity contribution is 0.0826. The van der Waals surface area contributed by atoms with Crippen molar-refractivity contribution in [3.8, 4) is 11.1 Å². The average molecular weight is 351 g/mol. The Kier molecular flexibility index (Phi) is 4.01. The van der Waals surface area contributed by atoms with Crippen LogP contribution < -0.4 is 0 Å². The second-order valence-corrected chi connectivity index (χ2v) is 5.31. The van der Waals surface area contributed by atoms with Crippen LogP contribution in [0, 0.1) is 3.57 Å². The fourth-order valence-corrected chi connectivity index (χ4v) is 2.68. The monoisotopic (exact) mass is 351 g/mol. The topological polar surface area (TPSA) is 20.3 Å². The second kappa shape index (κ2) is 5.52. The predicted molar refractivity (Wildman–Crippen MR) is 82.6 cm³/mol. The first-order chi connectivity index (χ1) is 8.61. The SMILES string of the molecule is CN(C)C(=O)c1cccc(-c2ccccc2)c1I. The summed E-state index contributed by atoms with van der Waals surface area (Å²) < 4.78 is 1.00. The standard InChI is InChI=1S/C15H14INO/c1-17(2)15(18)13-10-6-9-12(14(13)16)11-7-4-3-5-8-11/h3-10H,1-2H3. The Labute approximate surface area is 121 Å². The molecule has 0 aromatic heterocycles. The van der Waals surface area contributed by atoms with E-state index in [2.05, 4.69) is 34.7 Å². The smallest absolute Gasteiger partial charge is 0.254 e. The molecule has 92 valence electrons. The summed E-state index contributed by atoms with van der Waals surface area (Å²) in [6, 6.07) is 16.0. The lowest BCUT2D eigenvalue weighted by Crippen LogP contribution is -2.22. The Balaban J connectivity index is 2.52. The van der Waals surface area contributed by atoms with E-state index in [1.54, 1.807) is 19.0 Å². The summed E-state index contributed by atoms with van der Waals surface area (Å²) in [4.78, 5) is 13.7. The zero-order valence-corrected chi connectivity index (χ0v) is 12.5. The van der Waals surface area contributed by atoms with Gasteiger partial charge in [-0.25, -0.2) is 0 Å². The lowest BCUT2D eigenvalue weighted by atomic mass is 10.0. The molecule has 0 fully saturated rings. The normalized spacial score (nSPS) is 10.2. The maximum atomic E-state index is 12.1. The number of hydrogen-bond donors (Lipinski definition) is 0. The van der Waals surface area contributed by atoms with Gasteiger partial charge in [-0.05, 0) is 39.8 Å². The van der Waals surface area contributed by atoms with Gasteiger partial charge in [-0.3, -0.25) is 4.79 Å². The van der Waals surface area contributed by atoms with Crippen molar-refractivity contribution in [2.24, 2.45) is 0 Å². The van der Waals surface area contributed by atoms with Gasteiger partial charge in [0.1, 0.15) is 0 Å². The third-order valence-electron chi connectivity index (χ3n) is 2.72. The minimum absolute atomic E-state index is 0.0391. The summed E-state index contributed by atoms with van der Waals surface area (Å²) in [5.74, 6) is 0.0391. The molecule has 3 heteroatoms. The van der Waals surface area contributed by atoms with E-state index in [0.717, 1.165) is 20.3 Å². The molecule has 2 nitrogen and oxygen atoms in total. The average Bonchev–Trinajstić information content (AvgIpc) is 2.39. The highest BCUT2D eigenvalue weighted by Gasteiger charge is 2.14. The first kappa shape index (κ1) is 13.1. The summed E-state index contributed by atoms with van der Waals surface area (Å²) >= 11 is 2.25. The van der Waals surface area contributed by atoms with E-state index in [1.165, 1.54) is 0 Å². The largest absolute Gasteiger partial charge is 0.345 e. The Morgan fingerprint density at radius 3 is 2.28 bits per heavy atom. The van der Waals surface area contributed by atoms with Gasteiger partial charge in [0.15, 0.2) is 0 Å². The molecular weight excluding hydrogens is 337 g/mol. The third kappa shape index (κ3) is 2.56. The molecule has 0 aliphatic heterocycles. The number of hydrogen-bond acceptors (Lipinski definition) is 1. The van der Waals surface area contributed by atoms with E-state index in [4.69, 9.17) is 0 Å². The second-order valence-electron chi connectivity index (χ2n) is 4.23. The number of halogens is 1. The van der Waals surface area contributed by atoms with Crippen molar-refractivity contribution in [1.29, 1.82) is 0 Å². The van der Waals surface area contributed by atoms with Crippen LogP contribution in [0.15, 0.2) is 48.5 Å². The minimum Gasteiger partial charge on any atom is -0.345 e. The van der Waals surface area contributed by atoms with Crippen LogP contribution in [-0.2, 0) is 0 Å². The molecule has 0 saturated heterocycles. The molecule has 0 atom stereocenters. The van der Waals surface area contributed by atoms with Crippen LogP contribution in [0.25, 0.3) is 11.1 Å². The molecule has 0 aliphatic carbocycles. The summed E-state index contributed by atoms with van der Waals surface area (Å²) in [5.41, 5.74) is 2.99. The first-order valence-corrected chi connectivity index (χ1v) is 6.74. The van der Waals surface area contributed by atoms with Gasteiger partial charge in [0.2, 0.25) is 0 Å². The summed E-state index contributed by atoms with van der Waals surface area (Å²) in [6.07, 6.45) is 0. The zero-order valence-electron chi connectivity index (χ0n) is 10.4. The van der Waals surface area contributed by atoms with Gasteiger partial charge in [-0.15, -0.1) is 0 Å². The van der Waals surface area contributed by atoms with Crippen molar-refractivity contribution >= 4 is 28.5 Å². The fourth-order valence-electron chi connectivity index (χ4n) is 1.78. The number of carbonyl (C=O) groups is 1. The Bertz CT molecular complexity index is 564. The summed E-state index contributed by atoms with van der Waals surface area (Å²) in [7, 11) is 3.54. The molecule has 0 saturated carbocycles. The van der Waals surface area contributed by atoms with Crippen molar-refractivity contribution < 1.29 is 4.79 Å². The van der Waals surface area contributed by atoms with E-state index >= 15 is 0 Å². The van der Waals surface area contributed by atoms with E-state index < -0.39 is 0 Å². The molecule has 18 heavy (non-hydrogen) atoms. The number of rotatable bonds is 2. The van der Waals surface area contributed by atoms with Gasteiger partial charge in [-0.1, -0.05) is 42.5 Å². The molecule has 0 N–H and O–H groups in total. The van der Waals surface area contributed by atoms with Crippen LogP contribution in [0.1, 0.15) is 10.4 Å². The third-order valence-corrected chi connectivity index (χ3v) is 3.88. The highest BCUT2D eigenvalue weighted by atomic mass is 127. The van der Waals surface area contributed by atoms with Crippen molar-refractivity contribution in [2.45, 2.75) is 0 Å². The van der Waals surface area contributed by atoms with Crippen molar-refractivity contribution in [2.75, 3.05) is 14.1 Å². The van der Waals surface area contributed by atoms with E-state index in [-0.39, 0.29) is 5.91 Å². The van der Waals surface area contributed by atoms with E-state index in [1.807, 2.05) is 36.4 Å². The van der Waals surface area contributed by atoms with E-state index in [0.29, 0.717) is 0 Å². The van der Waals surface area contributed by atoms with Gasteiger partial charge in [0.25, 0.3) is 5.91 Å². The van der Waals surface area contributed by atoms with Crippen molar-refractivity contribution in [3.63, 3.8) is 0 Å². The molecule has 2 rings (SSSR count). The Morgan fingerprint density at radius 1 is 1.00 bits per heavy atom. The van der Waals surface area contributed by atoms with Crippen LogP contribution in [0.5, 0.6) is 0 Å². The van der Waals surface area contributed by atoms with Gasteiger partial charge < -0.3 is 4.90 Å². The number of carbonyl (C=O) groups excluding carboxylic acids is 1. The molecule has 0 unspecified atom stereocenters. The maximum absolute atomic E-state index is 12.1. The number of nitrogens with zero attached hydrogens (tertiary/aromatic N) is 1. The van der Waals surface area contributed by atoms with Gasteiger partial charge in [-0.2, -0.15) is 0 Å². The van der Waals surface area contributed by atoms with Crippen LogP contribution in [0.3, 0.4) is 0 Å². The molecule has 2 aromatic carbocycles. The summed E-state index contributed by atoms with van der Waals surface area (Å²) in [6.45, 7) is 0. The molecule has 0 bridgehead atoms. The summed E-state index contributed by atoms with van der Waals surface area (Å²) in [5, 5.41) is 0. The van der Waals surface area contributed by atoms with Crippen LogP contribution in [-0.4, -0.2) is 24.9 Å². The molecule has 2 aromatic rings. The number of amides is 1. The van der Waals surface area contributed by atoms with Crippen molar-refractivity contribution in [3.05, 3.63) is 57.7 Å². The maximum Gasteiger partial charge on any atom is 0.254 e. The minimum atomic E-state index is 0.0391. The van der Waals surface area contributed by atoms with Gasteiger partial charge >= 0.3 is 0 Å². The quantitative estimate of drug-likeness (QED) is 0.757. The molecule has 0 heterocycles. The van der Waals surface area contributed by atoms with Gasteiger partial charge in [0, 0.05) is 17.7 Å². The molecule has 0 radical (unpaired) electrons. The fraction of sp³-hybridized carbons (Fsp3) is 0.133. The van der Waals surface area contributed by atoms with Crippen molar-refractivity contribution in [1.82, 2.24) is 4.90 Å². The molecule has 0 spiro atoms. The van der Waals surface area contributed by atoms with Crippen LogP contribution in [0.4, 0.5) is 0 Å². The molecule has 1 amide bonds. The zero-order chi connectivity index (χ0) is 13.1. The van der Waals surface area contributed by atoms with Crippen LogP contribution >= 0.6 is 22.6 Å². The Morgan fingerprint density at radius 2 is 1.67 bits per heavy atom. The lowest BCUT2D eigenvalue weighted by Gasteiger charge is -2.14. The first-order valence-electron chi connectivity index (χ1n) is 5.67. The highest BCUT2D eigenvalue weighted by Crippen LogP contribution is 2.28. The number of benzene rings is 2. The van der Waals surface area contributed by atoms with Crippen LogP contribution in [0.2, 0.25) is 0 Å². The molecular formula is C15H14INO. The predicted octanol–water partition coefficient (Wildman–Crippen LogP) is 3.66. The Hall–Kier alpha value is -1.36. The van der Waals surface area contributed by atoms with Gasteiger partial charge in [0.05, 0.1) is 5.56 Å². The molecule has 0 aliphatic rings. The van der Waals surface area contributed by atoms with E-state index in [9.17, 15) is 4.79 Å². The highest BCUT2D eigenvalue weighted by molar-refractivity contribution is 14.1.